The van der Waals surface area contributed by atoms with Crippen LogP contribution in [-0.4, -0.2) is 99.9 Å². The third kappa shape index (κ3) is 7.60. The summed E-state index contributed by atoms with van der Waals surface area (Å²) >= 11 is 6.38. The highest BCUT2D eigenvalue weighted by Crippen LogP contribution is 2.51. The molecule has 2 unspecified atom stereocenters. The number of imide groups is 1. The number of nitrogens with two attached hydrogens (primary N) is 1. The SMILES string of the molecule is C1CC1.CNC1=CC(N2CCc3c(-c4ccc(CN5CC6(CCN(C(=O)c7ccc(Cl)c(C8CCC(=O)NC8=O)c7)CC6(F)F)C5)cn4)cccc32)Nn2c(C(N)=O)cnc21. The van der Waals surface area contributed by atoms with Gasteiger partial charge in [-0.25, -0.2) is 18.4 Å². The first kappa shape index (κ1) is 40.5. The number of anilines is 1. The maximum Gasteiger partial charge on any atom is 0.273 e. The molecule has 4 aromatic rings. The second-order valence-electron chi connectivity index (χ2n) is 16.8. The number of benzene rings is 2. The predicted molar refractivity (Wildman–Crippen MR) is 225 cm³/mol. The fourth-order valence-electron chi connectivity index (χ4n) is 9.15. The number of carbonyl (C=O) groups is 4. The van der Waals surface area contributed by atoms with E-state index in [4.69, 9.17) is 22.3 Å². The van der Waals surface area contributed by atoms with Crippen molar-refractivity contribution in [1.29, 1.82) is 0 Å². The number of likely N-dealkylation sites (tertiary alicyclic amines) is 2. The number of pyridine rings is 1. The Morgan fingerprint density at radius 2 is 1.80 bits per heavy atom. The number of nitrogens with zero attached hydrogens (tertiary/aromatic N) is 6. The number of imidazole rings is 1. The standard InChI is InChI=1S/C41H41ClF2N10O4.C3H6/c1-46-31-16-34(50-54-33(36(45)56)18-48-37(31)54)53-13-11-26-25(3-2-4-32(26)53)30-9-5-23(17-47-30)19-51-20-40(21-51)12-14-52(22-41(40,43)44)39(58)24-6-8-29(42)28(15-24)27-7-10-35(55)49-38(27)57;1-2-3-1/h2-6,8-9,15-18,27,34,46,50H,7,10-14,19-22H2,1H3,(H2,45,56)(H,49,55,57);1-3H2. The number of hydrogen-bond donors (Lipinski definition) is 4. The van der Waals surface area contributed by atoms with Crippen LogP contribution in [0.5, 0.6) is 0 Å². The van der Waals surface area contributed by atoms with E-state index in [1.54, 1.807) is 17.9 Å². The van der Waals surface area contributed by atoms with Gasteiger partial charge in [0.05, 0.1) is 35.5 Å². The second-order valence-corrected chi connectivity index (χ2v) is 17.2. The Hall–Kier alpha value is -5.87. The largest absolute Gasteiger partial charge is 0.385 e. The number of fused-ring (bicyclic) bond motifs is 2. The van der Waals surface area contributed by atoms with Gasteiger partial charge in [-0.05, 0) is 72.4 Å². The van der Waals surface area contributed by atoms with Crippen LogP contribution in [0.4, 0.5) is 14.5 Å². The van der Waals surface area contributed by atoms with E-state index in [1.165, 1.54) is 48.6 Å². The van der Waals surface area contributed by atoms with Crippen molar-refractivity contribution in [3.63, 3.8) is 0 Å². The van der Waals surface area contributed by atoms with Gasteiger partial charge in [0.25, 0.3) is 17.7 Å². The fraction of sp³-hybridized carbons (Fsp3) is 0.409. The number of carbonyl (C=O) groups excluding carboxylic acids is 4. The Kier molecular flexibility index (Phi) is 10.5. The van der Waals surface area contributed by atoms with E-state index in [0.717, 1.165) is 46.7 Å². The maximum absolute atomic E-state index is 15.9. The van der Waals surface area contributed by atoms with E-state index >= 15 is 8.78 Å². The fourth-order valence-corrected chi connectivity index (χ4v) is 9.40. The Bertz CT molecular complexity index is 2450. The zero-order chi connectivity index (χ0) is 42.6. The third-order valence-corrected chi connectivity index (χ3v) is 12.9. The van der Waals surface area contributed by atoms with Gasteiger partial charge in [0.15, 0.2) is 5.82 Å². The lowest BCUT2D eigenvalue weighted by atomic mass is 9.69. The molecule has 6 aliphatic rings. The molecule has 0 radical (unpaired) electrons. The number of piperidine rings is 2. The number of nitrogens with one attached hydrogen (secondary N) is 3. The van der Waals surface area contributed by atoms with E-state index in [-0.39, 0.29) is 67.2 Å². The van der Waals surface area contributed by atoms with E-state index in [1.807, 2.05) is 29.2 Å². The minimum absolute atomic E-state index is 0.146. The molecule has 5 N–H and O–H groups in total. The predicted octanol–water partition coefficient (Wildman–Crippen LogP) is 4.88. The molecule has 1 aliphatic carbocycles. The molecule has 0 bridgehead atoms. The first-order chi connectivity index (χ1) is 29.3. The Morgan fingerprint density at radius 1 is 1.00 bits per heavy atom. The monoisotopic (exact) mass is 852 g/mol. The van der Waals surface area contributed by atoms with Gasteiger partial charge in [-0.3, -0.25) is 39.8 Å². The average Bonchev–Trinajstić information content (AvgIpc) is 3.95. The van der Waals surface area contributed by atoms with E-state index in [2.05, 4.69) is 38.1 Å². The van der Waals surface area contributed by atoms with Crippen molar-refractivity contribution >= 4 is 46.6 Å². The van der Waals surface area contributed by atoms with Crippen LogP contribution < -0.4 is 26.7 Å². The van der Waals surface area contributed by atoms with E-state index in [0.29, 0.717) is 17.9 Å². The number of hydrogen-bond acceptors (Lipinski definition) is 10. The van der Waals surface area contributed by atoms with Crippen LogP contribution in [0.15, 0.2) is 67.0 Å². The Labute approximate surface area is 356 Å². The summed E-state index contributed by atoms with van der Waals surface area (Å²) in [4.78, 5) is 64.3. The molecular formula is C44H47ClF2N10O4. The summed E-state index contributed by atoms with van der Waals surface area (Å²) in [5, 5.41) is 5.75. The molecule has 7 heterocycles. The summed E-state index contributed by atoms with van der Waals surface area (Å²) in [6.45, 7) is 1.08. The van der Waals surface area contributed by atoms with Crippen LogP contribution in [0.2, 0.25) is 5.02 Å². The molecule has 5 aliphatic heterocycles. The molecule has 14 nitrogen and oxygen atoms in total. The van der Waals surface area contributed by atoms with E-state index < -0.39 is 41.5 Å². The van der Waals surface area contributed by atoms with Gasteiger partial charge in [-0.15, -0.1) is 0 Å². The van der Waals surface area contributed by atoms with Crippen LogP contribution in [0, 0.1) is 5.41 Å². The van der Waals surface area contributed by atoms with Crippen molar-refractivity contribution in [3.8, 4) is 11.3 Å². The number of aromatic nitrogens is 3. The molecule has 3 saturated heterocycles. The molecular weight excluding hydrogens is 806 g/mol. The molecule has 10 rings (SSSR count). The van der Waals surface area contributed by atoms with Crippen molar-refractivity contribution in [2.75, 3.05) is 50.1 Å². The quantitative estimate of drug-likeness (QED) is 0.179. The van der Waals surface area contributed by atoms with Crippen LogP contribution >= 0.6 is 11.6 Å². The number of amides is 4. The zero-order valence-corrected chi connectivity index (χ0v) is 34.5. The molecule has 61 heavy (non-hydrogen) atoms. The van der Waals surface area contributed by atoms with Gasteiger partial charge in [-0.2, -0.15) is 0 Å². The van der Waals surface area contributed by atoms with Crippen LogP contribution in [0.1, 0.15) is 87.8 Å². The van der Waals surface area contributed by atoms with Gasteiger partial charge < -0.3 is 20.9 Å². The number of primary amides is 1. The summed E-state index contributed by atoms with van der Waals surface area (Å²) in [6.07, 6.45) is 10.9. The summed E-state index contributed by atoms with van der Waals surface area (Å²) < 4.78 is 33.5. The summed E-state index contributed by atoms with van der Waals surface area (Å²) in [6, 6.07) is 14.6. The first-order valence-corrected chi connectivity index (χ1v) is 21.1. The van der Waals surface area contributed by atoms with Crippen molar-refractivity contribution in [2.24, 2.45) is 11.1 Å². The molecule has 318 valence electrons. The molecule has 1 saturated carbocycles. The highest BCUT2D eigenvalue weighted by molar-refractivity contribution is 6.32. The molecule has 4 amide bonds. The van der Waals surface area contributed by atoms with Crippen LogP contribution in [-0.2, 0) is 22.6 Å². The van der Waals surface area contributed by atoms with E-state index in [9.17, 15) is 19.2 Å². The Morgan fingerprint density at radius 3 is 2.49 bits per heavy atom. The normalized spacial score (nSPS) is 22.1. The molecule has 2 aromatic heterocycles. The second kappa shape index (κ2) is 15.9. The molecule has 2 aromatic carbocycles. The summed E-state index contributed by atoms with van der Waals surface area (Å²) in [7, 11) is 1.80. The highest BCUT2D eigenvalue weighted by Gasteiger charge is 2.62. The lowest BCUT2D eigenvalue weighted by Gasteiger charge is -2.57. The van der Waals surface area contributed by atoms with Crippen molar-refractivity contribution < 1.29 is 28.0 Å². The van der Waals surface area contributed by atoms with Crippen molar-refractivity contribution in [1.82, 2.24) is 35.1 Å². The van der Waals surface area contributed by atoms with Gasteiger partial charge in [0, 0.05) is 74.2 Å². The molecule has 2 atom stereocenters. The van der Waals surface area contributed by atoms with Crippen LogP contribution in [0.3, 0.4) is 0 Å². The lowest BCUT2D eigenvalue weighted by Crippen LogP contribution is -2.70. The minimum atomic E-state index is -3.11. The smallest absolute Gasteiger partial charge is 0.273 e. The molecule has 4 fully saturated rings. The van der Waals surface area contributed by atoms with Crippen LogP contribution in [0.25, 0.3) is 17.0 Å². The van der Waals surface area contributed by atoms with Crippen molar-refractivity contribution in [2.45, 2.75) is 69.5 Å². The number of rotatable bonds is 8. The highest BCUT2D eigenvalue weighted by atomic mass is 35.5. The molecule has 1 spiro atoms. The minimum Gasteiger partial charge on any atom is -0.385 e. The zero-order valence-electron chi connectivity index (χ0n) is 33.7. The topological polar surface area (TPSA) is 171 Å². The van der Waals surface area contributed by atoms with Gasteiger partial charge >= 0.3 is 0 Å². The summed E-state index contributed by atoms with van der Waals surface area (Å²) in [5.41, 5.74) is 14.3. The Balaban J connectivity index is 0.00000152. The van der Waals surface area contributed by atoms with Gasteiger partial charge in [0.1, 0.15) is 11.9 Å². The number of halogens is 3. The maximum atomic E-state index is 15.9. The van der Waals surface area contributed by atoms with Gasteiger partial charge in [-0.1, -0.05) is 49.1 Å². The first-order valence-electron chi connectivity index (χ1n) is 20.8. The lowest BCUT2D eigenvalue weighted by molar-refractivity contribution is -0.220. The average molecular weight is 853 g/mol. The molecule has 17 heteroatoms. The summed E-state index contributed by atoms with van der Waals surface area (Å²) in [5.74, 6) is -5.22. The number of alkyl halides is 2. The third-order valence-electron chi connectivity index (χ3n) is 12.6. The van der Waals surface area contributed by atoms with Gasteiger partial charge in [0.2, 0.25) is 11.8 Å². The van der Waals surface area contributed by atoms with Crippen molar-refractivity contribution in [3.05, 3.63) is 106 Å².